The monoisotopic (exact) mass is 477 g/mol. The van der Waals surface area contributed by atoms with E-state index in [0.717, 1.165) is 22.5 Å². The number of carbonyl (C=O) groups is 1. The fourth-order valence-electron chi connectivity index (χ4n) is 3.34. The summed E-state index contributed by atoms with van der Waals surface area (Å²) in [6, 6.07) is 23.4. The number of aromatic nitrogens is 1. The SMILES string of the molecule is COc1cccc(C(COc2ccc(Cc3sc(=O)[nH]c3O)cc2)OC(=O)c2ccccc2)c1. The van der Waals surface area contributed by atoms with Gasteiger partial charge in [-0.25, -0.2) is 4.79 Å². The highest BCUT2D eigenvalue weighted by Crippen LogP contribution is 2.26. The Morgan fingerprint density at radius 1 is 1.00 bits per heavy atom. The number of ether oxygens (including phenoxy) is 3. The van der Waals surface area contributed by atoms with E-state index in [0.29, 0.717) is 28.4 Å². The molecule has 7 nitrogen and oxygen atoms in total. The molecule has 0 aliphatic rings. The van der Waals surface area contributed by atoms with Crippen molar-refractivity contribution in [2.75, 3.05) is 13.7 Å². The highest BCUT2D eigenvalue weighted by Gasteiger charge is 2.20. The van der Waals surface area contributed by atoms with E-state index in [1.165, 1.54) is 0 Å². The largest absolute Gasteiger partial charge is 0.497 e. The second-order valence-electron chi connectivity index (χ2n) is 7.45. The van der Waals surface area contributed by atoms with Crippen LogP contribution in [0.15, 0.2) is 83.7 Å². The number of nitrogens with one attached hydrogen (secondary N) is 1. The van der Waals surface area contributed by atoms with Crippen molar-refractivity contribution >= 4 is 17.3 Å². The van der Waals surface area contributed by atoms with E-state index in [1.54, 1.807) is 43.5 Å². The zero-order chi connectivity index (χ0) is 23.9. The Morgan fingerprint density at radius 3 is 2.44 bits per heavy atom. The van der Waals surface area contributed by atoms with Gasteiger partial charge in [0.05, 0.1) is 17.6 Å². The van der Waals surface area contributed by atoms with Crippen molar-refractivity contribution in [2.24, 2.45) is 0 Å². The first-order valence-corrected chi connectivity index (χ1v) is 11.4. The molecule has 0 saturated heterocycles. The lowest BCUT2D eigenvalue weighted by atomic mass is 10.1. The lowest BCUT2D eigenvalue weighted by Gasteiger charge is -2.20. The molecular weight excluding hydrogens is 454 g/mol. The molecule has 0 radical (unpaired) electrons. The van der Waals surface area contributed by atoms with Crippen LogP contribution in [0.1, 0.15) is 32.5 Å². The normalized spacial score (nSPS) is 11.6. The van der Waals surface area contributed by atoms with E-state index in [-0.39, 0.29) is 17.4 Å². The first-order chi connectivity index (χ1) is 16.5. The minimum absolute atomic E-state index is 0.100. The van der Waals surface area contributed by atoms with E-state index < -0.39 is 12.1 Å². The first kappa shape index (κ1) is 23.1. The third kappa shape index (κ3) is 5.85. The Hall–Kier alpha value is -4.04. The van der Waals surface area contributed by atoms with Crippen LogP contribution in [0, 0.1) is 0 Å². The number of thiazole rings is 1. The van der Waals surface area contributed by atoms with Crippen LogP contribution < -0.4 is 14.3 Å². The molecule has 1 aromatic heterocycles. The maximum absolute atomic E-state index is 12.7. The molecule has 0 spiro atoms. The van der Waals surface area contributed by atoms with E-state index >= 15 is 0 Å². The Kier molecular flexibility index (Phi) is 7.29. The van der Waals surface area contributed by atoms with Crippen molar-refractivity contribution in [3.63, 3.8) is 0 Å². The summed E-state index contributed by atoms with van der Waals surface area (Å²) in [4.78, 5) is 26.7. The molecule has 1 atom stereocenters. The topological polar surface area (TPSA) is 97.8 Å². The average molecular weight is 478 g/mol. The number of aromatic amines is 1. The van der Waals surface area contributed by atoms with Crippen molar-refractivity contribution in [3.05, 3.63) is 110 Å². The summed E-state index contributed by atoms with van der Waals surface area (Å²) in [5.74, 6) is 0.700. The number of carbonyl (C=O) groups excluding carboxylic acids is 1. The van der Waals surface area contributed by atoms with Gasteiger partial charge >= 0.3 is 10.8 Å². The summed E-state index contributed by atoms with van der Waals surface area (Å²) < 4.78 is 17.0. The van der Waals surface area contributed by atoms with Gasteiger partial charge in [-0.2, -0.15) is 0 Å². The summed E-state index contributed by atoms with van der Waals surface area (Å²) in [6.07, 6.45) is -0.229. The van der Waals surface area contributed by atoms with Gasteiger partial charge in [0.25, 0.3) is 0 Å². The summed E-state index contributed by atoms with van der Waals surface area (Å²) >= 11 is 0.981. The Morgan fingerprint density at radius 2 is 1.76 bits per heavy atom. The molecule has 34 heavy (non-hydrogen) atoms. The van der Waals surface area contributed by atoms with Crippen molar-refractivity contribution in [1.29, 1.82) is 0 Å². The van der Waals surface area contributed by atoms with Crippen LogP contribution in [0.25, 0.3) is 0 Å². The van der Waals surface area contributed by atoms with Crippen LogP contribution in [-0.4, -0.2) is 29.8 Å². The molecule has 8 heteroatoms. The lowest BCUT2D eigenvalue weighted by Crippen LogP contribution is -2.18. The molecule has 4 rings (SSSR count). The number of rotatable bonds is 9. The Bertz CT molecular complexity index is 1300. The van der Waals surface area contributed by atoms with Gasteiger partial charge in [0.2, 0.25) is 5.88 Å². The smallest absolute Gasteiger partial charge is 0.338 e. The molecule has 4 aromatic rings. The molecule has 1 heterocycles. The molecule has 1 unspecified atom stereocenters. The molecule has 0 amide bonds. The minimum Gasteiger partial charge on any atom is -0.497 e. The molecule has 0 saturated carbocycles. The summed E-state index contributed by atoms with van der Waals surface area (Å²) in [5.41, 5.74) is 2.12. The summed E-state index contributed by atoms with van der Waals surface area (Å²) in [5, 5.41) is 9.77. The van der Waals surface area contributed by atoms with Gasteiger partial charge in [-0.1, -0.05) is 53.8 Å². The maximum atomic E-state index is 12.7. The molecule has 0 bridgehead atoms. The van der Waals surface area contributed by atoms with Crippen LogP contribution in [0.4, 0.5) is 0 Å². The maximum Gasteiger partial charge on any atom is 0.338 e. The van der Waals surface area contributed by atoms with Crippen molar-refractivity contribution < 1.29 is 24.1 Å². The van der Waals surface area contributed by atoms with Crippen LogP contribution in [0.5, 0.6) is 17.4 Å². The third-order valence-corrected chi connectivity index (χ3v) is 5.99. The zero-order valence-corrected chi connectivity index (χ0v) is 19.2. The molecule has 2 N–H and O–H groups in total. The standard InChI is InChI=1S/C26H23NO6S/c1-31-21-9-5-8-19(15-21)22(33-25(29)18-6-3-2-4-7-18)16-32-20-12-10-17(11-13-20)14-23-24(28)27-26(30)34-23/h2-13,15,22,28H,14,16H2,1H3,(H,27,30). The van der Waals surface area contributed by atoms with Gasteiger partial charge in [-0.05, 0) is 47.5 Å². The first-order valence-electron chi connectivity index (χ1n) is 10.5. The quantitative estimate of drug-likeness (QED) is 0.339. The number of hydrogen-bond acceptors (Lipinski definition) is 7. The number of benzene rings is 3. The number of methoxy groups -OCH3 is 1. The lowest BCUT2D eigenvalue weighted by molar-refractivity contribution is 0.0167. The van der Waals surface area contributed by atoms with Crippen LogP contribution >= 0.6 is 11.3 Å². The van der Waals surface area contributed by atoms with E-state index in [4.69, 9.17) is 14.2 Å². The molecular formula is C26H23NO6S. The second-order valence-corrected chi connectivity index (χ2v) is 8.52. The second kappa shape index (κ2) is 10.7. The number of esters is 1. The number of hydrogen-bond donors (Lipinski definition) is 2. The Labute approximate surface area is 200 Å². The van der Waals surface area contributed by atoms with Gasteiger partial charge in [-0.15, -0.1) is 0 Å². The zero-order valence-electron chi connectivity index (χ0n) is 18.4. The van der Waals surface area contributed by atoms with Gasteiger partial charge in [0, 0.05) is 6.42 Å². The highest BCUT2D eigenvalue weighted by molar-refractivity contribution is 7.09. The minimum atomic E-state index is -0.656. The van der Waals surface area contributed by atoms with Gasteiger partial charge < -0.3 is 19.3 Å². The van der Waals surface area contributed by atoms with Crippen LogP contribution in [0.3, 0.4) is 0 Å². The van der Waals surface area contributed by atoms with Gasteiger partial charge in [0.1, 0.15) is 18.1 Å². The fraction of sp³-hybridized carbons (Fsp3) is 0.154. The molecule has 0 aliphatic carbocycles. The average Bonchev–Trinajstić information content (AvgIpc) is 3.19. The summed E-state index contributed by atoms with van der Waals surface area (Å²) in [6.45, 7) is 0.102. The third-order valence-electron chi connectivity index (χ3n) is 5.11. The van der Waals surface area contributed by atoms with Gasteiger partial charge in [-0.3, -0.25) is 9.78 Å². The van der Waals surface area contributed by atoms with Gasteiger partial charge in [0.15, 0.2) is 6.10 Å². The van der Waals surface area contributed by atoms with Crippen molar-refractivity contribution in [3.8, 4) is 17.4 Å². The molecule has 0 fully saturated rings. The summed E-state index contributed by atoms with van der Waals surface area (Å²) in [7, 11) is 1.58. The van der Waals surface area contributed by atoms with Crippen LogP contribution in [-0.2, 0) is 11.2 Å². The van der Waals surface area contributed by atoms with E-state index in [9.17, 15) is 14.7 Å². The predicted octanol–water partition coefficient (Wildman–Crippen LogP) is 4.72. The van der Waals surface area contributed by atoms with E-state index in [1.807, 2.05) is 42.5 Å². The molecule has 0 aliphatic heterocycles. The molecule has 3 aromatic carbocycles. The van der Waals surface area contributed by atoms with Crippen molar-refractivity contribution in [1.82, 2.24) is 4.98 Å². The fourth-order valence-corrected chi connectivity index (χ4v) is 4.10. The number of aromatic hydroxyl groups is 1. The van der Waals surface area contributed by atoms with Crippen molar-refractivity contribution in [2.45, 2.75) is 12.5 Å². The molecule has 174 valence electrons. The van der Waals surface area contributed by atoms with E-state index in [2.05, 4.69) is 4.98 Å². The number of H-pyrrole nitrogens is 1. The van der Waals surface area contributed by atoms with Crippen LogP contribution in [0.2, 0.25) is 0 Å². The Balaban J connectivity index is 1.46. The predicted molar refractivity (Wildman–Crippen MR) is 129 cm³/mol. The highest BCUT2D eigenvalue weighted by atomic mass is 32.1.